The summed E-state index contributed by atoms with van der Waals surface area (Å²) in [5.74, 6) is 0.603. The number of hydrogen-bond acceptors (Lipinski definition) is 5. The first-order valence-corrected chi connectivity index (χ1v) is 8.03. The number of benzene rings is 2. The molecule has 128 valence electrons. The Bertz CT molecular complexity index is 805. The van der Waals surface area contributed by atoms with Crippen molar-refractivity contribution in [3.63, 3.8) is 0 Å². The second-order valence-corrected chi connectivity index (χ2v) is 5.45. The summed E-state index contributed by atoms with van der Waals surface area (Å²) in [6.07, 6.45) is 1.72. The van der Waals surface area contributed by atoms with Crippen molar-refractivity contribution in [2.45, 2.75) is 6.92 Å². The van der Waals surface area contributed by atoms with Crippen LogP contribution in [0, 0.1) is 0 Å². The molecule has 5 heteroatoms. The van der Waals surface area contributed by atoms with Gasteiger partial charge in [-0.3, -0.25) is 4.79 Å². The molecule has 0 atom stereocenters. The fourth-order valence-electron chi connectivity index (χ4n) is 2.44. The standard InChI is InChI=1S/C20H18O5/c1-2-23-17-9-7-14(8-10-17)18(21)13-25-20(22)16-11-15-5-3-4-6-19(15)24-12-16/h3-11H,2,12-13H2,1H3. The Morgan fingerprint density at radius 2 is 1.84 bits per heavy atom. The summed E-state index contributed by atoms with van der Waals surface area (Å²) >= 11 is 0. The van der Waals surface area contributed by atoms with Gasteiger partial charge < -0.3 is 14.2 Å². The highest BCUT2D eigenvalue weighted by Gasteiger charge is 2.19. The highest BCUT2D eigenvalue weighted by Crippen LogP contribution is 2.26. The number of ketones is 1. The van der Waals surface area contributed by atoms with E-state index in [1.165, 1.54) is 0 Å². The molecular weight excluding hydrogens is 320 g/mol. The van der Waals surface area contributed by atoms with Crippen LogP contribution >= 0.6 is 0 Å². The molecule has 0 fully saturated rings. The third-order valence-electron chi connectivity index (χ3n) is 3.72. The maximum atomic E-state index is 12.1. The molecule has 0 unspecified atom stereocenters. The molecule has 0 spiro atoms. The van der Waals surface area contributed by atoms with Gasteiger partial charge in [0.05, 0.1) is 12.2 Å². The van der Waals surface area contributed by atoms with Crippen LogP contribution in [0.5, 0.6) is 11.5 Å². The van der Waals surface area contributed by atoms with Crippen LogP contribution in [0.1, 0.15) is 22.8 Å². The van der Waals surface area contributed by atoms with E-state index in [0.717, 1.165) is 11.3 Å². The minimum atomic E-state index is -0.547. The average Bonchev–Trinajstić information content (AvgIpc) is 2.66. The first-order valence-electron chi connectivity index (χ1n) is 8.03. The molecule has 0 amide bonds. The molecule has 1 aliphatic heterocycles. The van der Waals surface area contributed by atoms with E-state index in [1.54, 1.807) is 30.3 Å². The van der Waals surface area contributed by atoms with E-state index < -0.39 is 5.97 Å². The Morgan fingerprint density at radius 3 is 2.60 bits per heavy atom. The molecule has 0 saturated carbocycles. The van der Waals surface area contributed by atoms with Crippen molar-refractivity contribution in [3.05, 3.63) is 65.2 Å². The smallest absolute Gasteiger partial charge is 0.337 e. The maximum absolute atomic E-state index is 12.1. The van der Waals surface area contributed by atoms with Crippen molar-refractivity contribution in [3.8, 4) is 11.5 Å². The average molecular weight is 338 g/mol. The summed E-state index contributed by atoms with van der Waals surface area (Å²) in [6, 6.07) is 14.2. The van der Waals surface area contributed by atoms with Crippen LogP contribution in [0.4, 0.5) is 0 Å². The van der Waals surface area contributed by atoms with Crippen molar-refractivity contribution in [1.29, 1.82) is 0 Å². The van der Waals surface area contributed by atoms with Crippen molar-refractivity contribution < 1.29 is 23.8 Å². The molecule has 1 aliphatic rings. The minimum Gasteiger partial charge on any atom is -0.494 e. The van der Waals surface area contributed by atoms with Crippen LogP contribution in [-0.4, -0.2) is 31.6 Å². The maximum Gasteiger partial charge on any atom is 0.337 e. The van der Waals surface area contributed by atoms with E-state index >= 15 is 0 Å². The third-order valence-corrected chi connectivity index (χ3v) is 3.72. The number of carbonyl (C=O) groups is 2. The number of ether oxygens (including phenoxy) is 3. The lowest BCUT2D eigenvalue weighted by atomic mass is 10.1. The molecule has 0 bridgehead atoms. The number of carbonyl (C=O) groups excluding carboxylic acids is 2. The predicted octanol–water partition coefficient (Wildman–Crippen LogP) is 3.29. The normalized spacial score (nSPS) is 12.4. The van der Waals surface area contributed by atoms with Crippen LogP contribution < -0.4 is 9.47 Å². The van der Waals surface area contributed by atoms with E-state index in [1.807, 2.05) is 31.2 Å². The van der Waals surface area contributed by atoms with Crippen LogP contribution in [0.2, 0.25) is 0 Å². The molecule has 2 aromatic carbocycles. The van der Waals surface area contributed by atoms with Crippen LogP contribution in [0.15, 0.2) is 54.1 Å². The lowest BCUT2D eigenvalue weighted by Gasteiger charge is -2.16. The van der Waals surface area contributed by atoms with Gasteiger partial charge in [-0.25, -0.2) is 4.79 Å². The number of fused-ring (bicyclic) bond motifs is 1. The first-order chi connectivity index (χ1) is 12.2. The predicted molar refractivity (Wildman–Crippen MR) is 92.8 cm³/mol. The molecule has 5 nitrogen and oxygen atoms in total. The van der Waals surface area contributed by atoms with E-state index in [0.29, 0.717) is 23.5 Å². The Labute approximate surface area is 145 Å². The van der Waals surface area contributed by atoms with Gasteiger partial charge >= 0.3 is 5.97 Å². The van der Waals surface area contributed by atoms with Crippen molar-refractivity contribution in [2.75, 3.05) is 19.8 Å². The first kappa shape index (κ1) is 16.8. The van der Waals surface area contributed by atoms with Gasteiger partial charge in [0, 0.05) is 11.1 Å². The zero-order valence-corrected chi connectivity index (χ0v) is 13.9. The highest BCUT2D eigenvalue weighted by molar-refractivity contribution is 6.00. The Hall–Kier alpha value is -3.08. The van der Waals surface area contributed by atoms with E-state index in [4.69, 9.17) is 14.2 Å². The SMILES string of the molecule is CCOc1ccc(C(=O)COC(=O)C2=Cc3ccccc3OC2)cc1. The molecule has 25 heavy (non-hydrogen) atoms. The Morgan fingerprint density at radius 1 is 1.08 bits per heavy atom. The van der Waals surface area contributed by atoms with E-state index in [-0.39, 0.29) is 19.0 Å². The summed E-state index contributed by atoms with van der Waals surface area (Å²) in [6.45, 7) is 2.27. The van der Waals surface area contributed by atoms with Gasteiger partial charge in [-0.15, -0.1) is 0 Å². The molecule has 0 radical (unpaired) electrons. The van der Waals surface area contributed by atoms with Gasteiger partial charge in [0.1, 0.15) is 18.1 Å². The summed E-state index contributed by atoms with van der Waals surface area (Å²) in [7, 11) is 0. The molecule has 0 N–H and O–H groups in total. The van der Waals surface area contributed by atoms with Crippen LogP contribution in [-0.2, 0) is 9.53 Å². The van der Waals surface area contributed by atoms with Gasteiger partial charge in [0.2, 0.25) is 0 Å². The number of rotatable bonds is 6. The Kier molecular flexibility index (Phi) is 5.14. The van der Waals surface area contributed by atoms with E-state index in [2.05, 4.69) is 0 Å². The van der Waals surface area contributed by atoms with Crippen molar-refractivity contribution in [2.24, 2.45) is 0 Å². The molecule has 0 aliphatic carbocycles. The monoisotopic (exact) mass is 338 g/mol. The van der Waals surface area contributed by atoms with Gasteiger partial charge in [-0.05, 0) is 43.3 Å². The van der Waals surface area contributed by atoms with Gasteiger partial charge in [-0.1, -0.05) is 18.2 Å². The zero-order chi connectivity index (χ0) is 17.6. The van der Waals surface area contributed by atoms with Crippen molar-refractivity contribution in [1.82, 2.24) is 0 Å². The second-order valence-electron chi connectivity index (χ2n) is 5.45. The molecular formula is C20H18O5. The van der Waals surface area contributed by atoms with Gasteiger partial charge in [0.25, 0.3) is 0 Å². The number of para-hydroxylation sites is 1. The molecule has 3 rings (SSSR count). The molecule has 1 heterocycles. The summed E-state index contributed by atoms with van der Waals surface area (Å²) < 4.78 is 16.0. The number of Topliss-reactive ketones (excluding diaryl/α,β-unsaturated/α-hetero) is 1. The number of hydrogen-bond donors (Lipinski definition) is 0. The molecule has 2 aromatic rings. The largest absolute Gasteiger partial charge is 0.494 e. The third kappa shape index (κ3) is 4.07. The van der Waals surface area contributed by atoms with Crippen LogP contribution in [0.3, 0.4) is 0 Å². The summed E-state index contributed by atoms with van der Waals surface area (Å²) in [4.78, 5) is 24.3. The fourth-order valence-corrected chi connectivity index (χ4v) is 2.44. The molecule has 0 aromatic heterocycles. The summed E-state index contributed by atoms with van der Waals surface area (Å²) in [5.41, 5.74) is 1.67. The molecule has 0 saturated heterocycles. The van der Waals surface area contributed by atoms with E-state index in [9.17, 15) is 9.59 Å². The summed E-state index contributed by atoms with van der Waals surface area (Å²) in [5, 5.41) is 0. The lowest BCUT2D eigenvalue weighted by Crippen LogP contribution is -2.20. The fraction of sp³-hybridized carbons (Fsp3) is 0.200. The van der Waals surface area contributed by atoms with Crippen LogP contribution in [0.25, 0.3) is 6.08 Å². The Balaban J connectivity index is 1.59. The van der Waals surface area contributed by atoms with Gasteiger partial charge in [0.15, 0.2) is 12.4 Å². The quantitative estimate of drug-likeness (QED) is 0.597. The van der Waals surface area contributed by atoms with Gasteiger partial charge in [-0.2, -0.15) is 0 Å². The second kappa shape index (κ2) is 7.66. The number of esters is 1. The topological polar surface area (TPSA) is 61.8 Å². The lowest BCUT2D eigenvalue weighted by molar-refractivity contribution is -0.138. The zero-order valence-electron chi connectivity index (χ0n) is 13.9. The minimum absolute atomic E-state index is 0.132. The highest BCUT2D eigenvalue weighted by atomic mass is 16.5. The van der Waals surface area contributed by atoms with Crippen molar-refractivity contribution >= 4 is 17.8 Å².